The van der Waals surface area contributed by atoms with Crippen LogP contribution in [0.4, 0.5) is 0 Å². The van der Waals surface area contributed by atoms with Gasteiger partial charge in [-0.05, 0) is 26.0 Å². The molecule has 178 valence electrons. The minimum absolute atomic E-state index is 0.0694. The lowest BCUT2D eigenvalue weighted by Crippen LogP contribution is -2.55. The molecule has 1 aromatic rings. The van der Waals surface area contributed by atoms with Gasteiger partial charge in [0, 0.05) is 57.9 Å². The molecule has 12 heteroatoms. The highest BCUT2D eigenvalue weighted by molar-refractivity contribution is 7.89. The number of hydrogen-bond acceptors (Lipinski definition) is 7. The molecule has 10 nitrogen and oxygen atoms in total. The Kier molecular flexibility index (Phi) is 7.71. The molecular weight excluding hydrogens is 456 g/mol. The summed E-state index contributed by atoms with van der Waals surface area (Å²) in [4.78, 5) is 27.8. The number of sulfonamides is 2. The van der Waals surface area contributed by atoms with Gasteiger partial charge in [-0.15, -0.1) is 0 Å². The Morgan fingerprint density at radius 1 is 0.812 bits per heavy atom. The molecule has 0 bridgehead atoms. The number of carbonyl (C=O) groups excluding carboxylic acids is 2. The van der Waals surface area contributed by atoms with E-state index in [9.17, 15) is 26.4 Å². The minimum Gasteiger partial charge on any atom is -0.339 e. The van der Waals surface area contributed by atoms with Gasteiger partial charge >= 0.3 is 0 Å². The maximum atomic E-state index is 12.9. The third-order valence-electron chi connectivity index (χ3n) is 5.94. The van der Waals surface area contributed by atoms with Crippen LogP contribution in [0.15, 0.2) is 29.2 Å². The van der Waals surface area contributed by atoms with Crippen molar-refractivity contribution in [2.45, 2.75) is 18.7 Å². The molecule has 0 saturated carbocycles. The third kappa shape index (κ3) is 5.54. The largest absolute Gasteiger partial charge is 0.339 e. The second-order valence-corrected chi connectivity index (χ2v) is 12.1. The van der Waals surface area contributed by atoms with Gasteiger partial charge in [0.2, 0.25) is 26.0 Å². The van der Waals surface area contributed by atoms with Crippen LogP contribution in [0.25, 0.3) is 0 Å². The smallest absolute Gasteiger partial charge is 0.243 e. The van der Waals surface area contributed by atoms with Crippen LogP contribution in [0.3, 0.4) is 0 Å². The van der Waals surface area contributed by atoms with Gasteiger partial charge in [0.05, 0.1) is 17.2 Å². The summed E-state index contributed by atoms with van der Waals surface area (Å²) in [6.07, 6.45) is 0. The van der Waals surface area contributed by atoms with Gasteiger partial charge in [0.25, 0.3) is 0 Å². The van der Waals surface area contributed by atoms with E-state index in [4.69, 9.17) is 0 Å². The predicted octanol–water partition coefficient (Wildman–Crippen LogP) is -0.311. The molecular formula is C20H30N4O6S2. The van der Waals surface area contributed by atoms with Gasteiger partial charge in [-0.2, -0.15) is 8.61 Å². The van der Waals surface area contributed by atoms with Crippen molar-refractivity contribution in [3.63, 3.8) is 0 Å². The first-order valence-electron chi connectivity index (χ1n) is 10.6. The molecule has 0 aromatic heterocycles. The average Bonchev–Trinajstić information content (AvgIpc) is 2.79. The summed E-state index contributed by atoms with van der Waals surface area (Å²) < 4.78 is 52.5. The minimum atomic E-state index is -3.69. The van der Waals surface area contributed by atoms with E-state index in [1.165, 1.54) is 39.8 Å². The number of piperazine rings is 2. The topological polar surface area (TPSA) is 115 Å². The first-order chi connectivity index (χ1) is 15.0. The molecule has 0 radical (unpaired) electrons. The fourth-order valence-corrected chi connectivity index (χ4v) is 6.34. The van der Waals surface area contributed by atoms with Crippen LogP contribution in [0.5, 0.6) is 0 Å². The number of amides is 1. The quantitative estimate of drug-likeness (QED) is 0.486. The van der Waals surface area contributed by atoms with Crippen LogP contribution < -0.4 is 0 Å². The second kappa shape index (κ2) is 9.96. The fourth-order valence-electron chi connectivity index (χ4n) is 3.83. The zero-order chi connectivity index (χ0) is 23.5. The Bertz CT molecular complexity index is 1040. The summed E-state index contributed by atoms with van der Waals surface area (Å²) in [6.45, 7) is 5.97. The highest BCUT2D eigenvalue weighted by atomic mass is 32.2. The van der Waals surface area contributed by atoms with E-state index >= 15 is 0 Å². The Morgan fingerprint density at radius 2 is 1.34 bits per heavy atom. The summed E-state index contributed by atoms with van der Waals surface area (Å²) in [5.41, 5.74) is 0.451. The van der Waals surface area contributed by atoms with Crippen molar-refractivity contribution in [1.82, 2.24) is 18.4 Å². The van der Waals surface area contributed by atoms with Crippen LogP contribution >= 0.6 is 0 Å². The molecule has 2 aliphatic rings. The molecule has 0 spiro atoms. The van der Waals surface area contributed by atoms with Crippen LogP contribution in [-0.4, -0.2) is 112 Å². The highest BCUT2D eigenvalue weighted by Crippen LogP contribution is 2.19. The number of nitrogens with zero attached hydrogens (tertiary/aromatic N) is 4. The van der Waals surface area contributed by atoms with E-state index in [-0.39, 0.29) is 42.0 Å². The van der Waals surface area contributed by atoms with Crippen molar-refractivity contribution >= 4 is 31.7 Å². The fraction of sp³-hybridized carbons (Fsp3) is 0.600. The average molecular weight is 487 g/mol. The number of ketones is 1. The van der Waals surface area contributed by atoms with E-state index in [1.807, 2.05) is 4.90 Å². The van der Waals surface area contributed by atoms with Crippen molar-refractivity contribution in [3.05, 3.63) is 29.8 Å². The summed E-state index contributed by atoms with van der Waals surface area (Å²) in [6, 6.07) is 5.87. The van der Waals surface area contributed by atoms with Crippen molar-refractivity contribution in [2.24, 2.45) is 0 Å². The molecule has 1 aromatic carbocycles. The van der Waals surface area contributed by atoms with Crippen LogP contribution in [0, 0.1) is 0 Å². The first kappa shape index (κ1) is 24.8. The van der Waals surface area contributed by atoms with Crippen molar-refractivity contribution in [3.8, 4) is 0 Å². The number of hydrogen-bond donors (Lipinski definition) is 0. The standard InChI is InChI=1S/C20H30N4O6S2/c1-3-31(27,28)23-12-8-21(9-13-23)16-20(26)22-10-14-24(15-11-22)32(29,30)19-6-4-18(5-7-19)17(2)25/h4-7H,3,8-16H2,1-2H3. The molecule has 32 heavy (non-hydrogen) atoms. The molecule has 2 fully saturated rings. The maximum Gasteiger partial charge on any atom is 0.243 e. The molecule has 2 heterocycles. The molecule has 0 aliphatic carbocycles. The number of carbonyl (C=O) groups is 2. The van der Waals surface area contributed by atoms with Gasteiger partial charge in [-0.25, -0.2) is 16.8 Å². The molecule has 0 atom stereocenters. The van der Waals surface area contributed by atoms with Gasteiger partial charge in [-0.1, -0.05) is 12.1 Å². The lowest BCUT2D eigenvalue weighted by molar-refractivity contribution is -0.133. The molecule has 0 N–H and O–H groups in total. The van der Waals surface area contributed by atoms with Gasteiger partial charge < -0.3 is 4.90 Å². The molecule has 2 aliphatic heterocycles. The first-order valence-corrected chi connectivity index (χ1v) is 13.7. The van der Waals surface area contributed by atoms with Crippen molar-refractivity contribution < 1.29 is 26.4 Å². The third-order valence-corrected chi connectivity index (χ3v) is 9.73. The highest BCUT2D eigenvalue weighted by Gasteiger charge is 2.32. The SMILES string of the molecule is CCS(=O)(=O)N1CCN(CC(=O)N2CCN(S(=O)(=O)c3ccc(C(C)=O)cc3)CC2)CC1. The Balaban J connectivity index is 1.51. The molecule has 3 rings (SSSR count). The van der Waals surface area contributed by atoms with E-state index in [0.717, 1.165) is 0 Å². The Labute approximate surface area is 189 Å². The zero-order valence-electron chi connectivity index (χ0n) is 18.4. The maximum absolute atomic E-state index is 12.9. The number of benzene rings is 1. The Hall–Kier alpha value is -1.86. The van der Waals surface area contributed by atoms with E-state index in [1.54, 1.807) is 11.8 Å². The van der Waals surface area contributed by atoms with Gasteiger partial charge in [0.1, 0.15) is 0 Å². The summed E-state index contributed by atoms with van der Waals surface area (Å²) in [5.74, 6) is -0.144. The molecule has 2 saturated heterocycles. The molecule has 0 unspecified atom stereocenters. The van der Waals surface area contributed by atoms with E-state index in [0.29, 0.717) is 44.8 Å². The zero-order valence-corrected chi connectivity index (χ0v) is 20.1. The van der Waals surface area contributed by atoms with Crippen LogP contribution in [0.2, 0.25) is 0 Å². The lowest BCUT2D eigenvalue weighted by Gasteiger charge is -2.37. The second-order valence-electron chi connectivity index (χ2n) is 7.94. The normalized spacial score (nSPS) is 19.8. The van der Waals surface area contributed by atoms with Crippen molar-refractivity contribution in [1.29, 1.82) is 0 Å². The Morgan fingerprint density at radius 3 is 1.84 bits per heavy atom. The van der Waals surface area contributed by atoms with Gasteiger partial charge in [0.15, 0.2) is 5.78 Å². The van der Waals surface area contributed by atoms with Crippen LogP contribution in [-0.2, 0) is 24.8 Å². The monoisotopic (exact) mass is 486 g/mol. The van der Waals surface area contributed by atoms with Crippen molar-refractivity contribution in [2.75, 3.05) is 64.7 Å². The van der Waals surface area contributed by atoms with E-state index < -0.39 is 20.0 Å². The molecule has 1 amide bonds. The van der Waals surface area contributed by atoms with Gasteiger partial charge in [-0.3, -0.25) is 14.5 Å². The number of rotatable bonds is 7. The summed E-state index contributed by atoms with van der Waals surface area (Å²) in [5, 5.41) is 0. The predicted molar refractivity (Wildman–Crippen MR) is 119 cm³/mol. The van der Waals surface area contributed by atoms with E-state index in [2.05, 4.69) is 0 Å². The summed E-state index contributed by atoms with van der Waals surface area (Å²) >= 11 is 0. The lowest BCUT2D eigenvalue weighted by atomic mass is 10.2. The number of Topliss-reactive ketones (excluding diaryl/α,β-unsaturated/α-hetero) is 1. The summed E-state index contributed by atoms with van der Waals surface area (Å²) in [7, 11) is -6.90. The van der Waals surface area contributed by atoms with Crippen LogP contribution in [0.1, 0.15) is 24.2 Å².